The number of carboxylic acid groups (broad SMARTS) is 1. The molecule has 2 aromatic heterocycles. The Labute approximate surface area is 215 Å². The van der Waals surface area contributed by atoms with E-state index in [-0.39, 0.29) is 21.0 Å². The predicted octanol–water partition coefficient (Wildman–Crippen LogP) is 6.72. The Hall–Kier alpha value is -3.68. The van der Waals surface area contributed by atoms with Gasteiger partial charge in [0.2, 0.25) is 0 Å². The second kappa shape index (κ2) is 9.90. The van der Waals surface area contributed by atoms with Crippen LogP contribution in [0.4, 0.5) is 5.82 Å². The molecule has 6 nitrogen and oxygen atoms in total. The van der Waals surface area contributed by atoms with Crippen LogP contribution < -0.4 is 4.90 Å². The molecule has 0 saturated carbocycles. The maximum atomic E-state index is 12.0. The molecule has 174 valence electrons. The van der Waals surface area contributed by atoms with E-state index in [9.17, 15) is 9.90 Å². The number of rotatable bonds is 7. The summed E-state index contributed by atoms with van der Waals surface area (Å²) in [4.78, 5) is 18.7. The molecule has 0 saturated heterocycles. The summed E-state index contributed by atoms with van der Waals surface area (Å²) in [5.74, 6) is -0.473. The van der Waals surface area contributed by atoms with Gasteiger partial charge in [-0.05, 0) is 32.6 Å². The molecule has 0 spiro atoms. The molecule has 5 aromatic rings. The van der Waals surface area contributed by atoms with Crippen molar-refractivity contribution < 1.29 is 9.90 Å². The summed E-state index contributed by atoms with van der Waals surface area (Å²) in [6.45, 7) is 1.09. The topological polar surface area (TPSA) is 70.7 Å². The van der Waals surface area contributed by atoms with E-state index in [4.69, 9.17) is 11.6 Å². The number of anilines is 1. The normalized spacial score (nSPS) is 11.0. The molecular weight excluding hydrogens is 528 g/mol. The zero-order valence-corrected chi connectivity index (χ0v) is 20.8. The van der Waals surface area contributed by atoms with Gasteiger partial charge in [-0.15, -0.1) is 0 Å². The van der Waals surface area contributed by atoms with Gasteiger partial charge in [-0.1, -0.05) is 103 Å². The fourth-order valence-corrected chi connectivity index (χ4v) is 4.90. The number of aromatic carboxylic acids is 1. The largest absolute Gasteiger partial charge is 0.477 e. The van der Waals surface area contributed by atoms with Gasteiger partial charge >= 0.3 is 5.97 Å². The van der Waals surface area contributed by atoms with Gasteiger partial charge in [0.15, 0.2) is 5.65 Å². The molecule has 2 heterocycles. The van der Waals surface area contributed by atoms with Crippen LogP contribution in [0.5, 0.6) is 0 Å². The molecule has 0 bridgehead atoms. The van der Waals surface area contributed by atoms with E-state index in [0.717, 1.165) is 16.7 Å². The van der Waals surface area contributed by atoms with E-state index < -0.39 is 5.97 Å². The molecule has 0 aliphatic carbocycles. The second-order valence-corrected chi connectivity index (χ2v) is 9.11. The highest BCUT2D eigenvalue weighted by Gasteiger charge is 2.27. The van der Waals surface area contributed by atoms with Gasteiger partial charge in [0.1, 0.15) is 21.1 Å². The van der Waals surface area contributed by atoms with Crippen molar-refractivity contribution in [3.8, 4) is 11.1 Å². The van der Waals surface area contributed by atoms with Crippen LogP contribution in [0, 0.1) is 0 Å². The summed E-state index contributed by atoms with van der Waals surface area (Å²) >= 11 is 10.1. The van der Waals surface area contributed by atoms with Gasteiger partial charge in [-0.3, -0.25) is 0 Å². The third kappa shape index (κ3) is 4.65. The van der Waals surface area contributed by atoms with Crippen molar-refractivity contribution >= 4 is 45.0 Å². The first kappa shape index (κ1) is 23.1. The van der Waals surface area contributed by atoms with Crippen LogP contribution in [0.3, 0.4) is 0 Å². The maximum absolute atomic E-state index is 12.0. The summed E-state index contributed by atoms with van der Waals surface area (Å²) in [6, 6.07) is 29.9. The monoisotopic (exact) mass is 546 g/mol. The summed E-state index contributed by atoms with van der Waals surface area (Å²) in [5, 5.41) is 14.6. The Morgan fingerprint density at radius 3 is 1.91 bits per heavy atom. The smallest absolute Gasteiger partial charge is 0.342 e. The first-order chi connectivity index (χ1) is 17.0. The third-order valence-corrected chi connectivity index (χ3v) is 6.49. The van der Waals surface area contributed by atoms with Gasteiger partial charge < -0.3 is 10.0 Å². The summed E-state index contributed by atoms with van der Waals surface area (Å²) in [6.07, 6.45) is 0. The molecule has 0 unspecified atom stereocenters. The molecular formula is C27H20BrClN4O2. The van der Waals surface area contributed by atoms with Crippen LogP contribution in [0.25, 0.3) is 16.8 Å². The van der Waals surface area contributed by atoms with Gasteiger partial charge in [-0.2, -0.15) is 9.61 Å². The van der Waals surface area contributed by atoms with Crippen LogP contribution in [-0.2, 0) is 13.1 Å². The van der Waals surface area contributed by atoms with Crippen LogP contribution in [0.15, 0.2) is 95.6 Å². The first-order valence-corrected chi connectivity index (χ1v) is 12.1. The number of nitrogens with zero attached hydrogens (tertiary/aromatic N) is 4. The van der Waals surface area contributed by atoms with Crippen molar-refractivity contribution in [2.75, 3.05) is 4.90 Å². The molecule has 3 aromatic carbocycles. The third-order valence-electron chi connectivity index (χ3n) is 5.66. The minimum absolute atomic E-state index is 0.0351. The van der Waals surface area contributed by atoms with Gasteiger partial charge in [-0.25, -0.2) is 9.78 Å². The fraction of sp³-hybridized carbons (Fsp3) is 0.0741. The minimum Gasteiger partial charge on any atom is -0.477 e. The highest BCUT2D eigenvalue weighted by molar-refractivity contribution is 9.10. The van der Waals surface area contributed by atoms with Gasteiger partial charge in [0.05, 0.1) is 5.56 Å². The van der Waals surface area contributed by atoms with E-state index in [1.165, 1.54) is 0 Å². The van der Waals surface area contributed by atoms with Crippen LogP contribution >= 0.6 is 27.5 Å². The Balaban J connectivity index is 1.81. The molecule has 5 rings (SSSR count). The number of benzene rings is 3. The molecule has 0 aliphatic rings. The van der Waals surface area contributed by atoms with Crippen molar-refractivity contribution in [1.29, 1.82) is 0 Å². The highest BCUT2D eigenvalue weighted by atomic mass is 79.9. The van der Waals surface area contributed by atoms with Crippen LogP contribution in [-0.4, -0.2) is 25.7 Å². The number of aromatic nitrogens is 3. The average Bonchev–Trinajstić information content (AvgIpc) is 3.20. The maximum Gasteiger partial charge on any atom is 0.342 e. The Morgan fingerprint density at radius 1 is 0.886 bits per heavy atom. The van der Waals surface area contributed by atoms with E-state index in [2.05, 4.69) is 55.2 Å². The second-order valence-electron chi connectivity index (χ2n) is 8.00. The fourth-order valence-electron chi connectivity index (χ4n) is 4.12. The molecule has 35 heavy (non-hydrogen) atoms. The number of carboxylic acids is 1. The Bertz CT molecular complexity index is 1450. The number of hydrogen-bond donors (Lipinski definition) is 1. The number of halogens is 2. The van der Waals surface area contributed by atoms with E-state index in [1.54, 1.807) is 4.52 Å². The lowest BCUT2D eigenvalue weighted by Crippen LogP contribution is -2.26. The Kier molecular flexibility index (Phi) is 6.53. The SMILES string of the molecule is O=C(O)c1c(Br)nn2c(N(Cc3ccccc3)Cc3ccccc3)c(-c3ccccc3)c(Cl)nc12. The molecule has 0 atom stereocenters. The zero-order chi connectivity index (χ0) is 24.4. The highest BCUT2D eigenvalue weighted by Crippen LogP contribution is 2.39. The number of carbonyl (C=O) groups is 1. The lowest BCUT2D eigenvalue weighted by molar-refractivity contribution is 0.0698. The van der Waals surface area contributed by atoms with Gasteiger partial charge in [0.25, 0.3) is 0 Å². The number of fused-ring (bicyclic) bond motifs is 1. The Morgan fingerprint density at radius 2 is 1.40 bits per heavy atom. The van der Waals surface area contributed by atoms with Crippen molar-refractivity contribution in [3.05, 3.63) is 117 Å². The van der Waals surface area contributed by atoms with Crippen LogP contribution in [0.2, 0.25) is 5.15 Å². The molecule has 8 heteroatoms. The summed E-state index contributed by atoms with van der Waals surface area (Å²) in [5.41, 5.74) is 3.86. The first-order valence-electron chi connectivity index (χ1n) is 10.9. The molecule has 0 fully saturated rings. The quantitative estimate of drug-likeness (QED) is 0.229. The lowest BCUT2D eigenvalue weighted by Gasteiger charge is -2.28. The van der Waals surface area contributed by atoms with Gasteiger partial charge in [0, 0.05) is 13.1 Å². The summed E-state index contributed by atoms with van der Waals surface area (Å²) < 4.78 is 1.77. The number of hydrogen-bond acceptors (Lipinski definition) is 4. The lowest BCUT2D eigenvalue weighted by atomic mass is 10.1. The summed E-state index contributed by atoms with van der Waals surface area (Å²) in [7, 11) is 0. The molecule has 0 radical (unpaired) electrons. The van der Waals surface area contributed by atoms with Crippen molar-refractivity contribution in [2.45, 2.75) is 13.1 Å². The van der Waals surface area contributed by atoms with E-state index >= 15 is 0 Å². The van der Waals surface area contributed by atoms with Crippen molar-refractivity contribution in [1.82, 2.24) is 14.6 Å². The van der Waals surface area contributed by atoms with Crippen molar-refractivity contribution in [2.24, 2.45) is 0 Å². The minimum atomic E-state index is -1.13. The molecule has 1 N–H and O–H groups in total. The molecule has 0 aliphatic heterocycles. The predicted molar refractivity (Wildman–Crippen MR) is 141 cm³/mol. The standard InChI is InChI=1S/C27H20BrClN4O2/c28-23-22(27(34)35)25-30-24(29)21(20-14-8-3-9-15-20)26(33(25)31-23)32(16-18-10-4-1-5-11-18)17-19-12-6-2-7-13-19/h1-15H,16-17H2,(H,34,35). The van der Waals surface area contributed by atoms with Crippen molar-refractivity contribution in [3.63, 3.8) is 0 Å². The molecule has 0 amide bonds. The van der Waals surface area contributed by atoms with E-state index in [0.29, 0.717) is 24.5 Å². The average molecular weight is 548 g/mol. The zero-order valence-electron chi connectivity index (χ0n) is 18.5. The van der Waals surface area contributed by atoms with Crippen LogP contribution in [0.1, 0.15) is 21.5 Å². The van der Waals surface area contributed by atoms with E-state index in [1.807, 2.05) is 66.7 Å².